The van der Waals surface area contributed by atoms with Gasteiger partial charge in [-0.25, -0.2) is 13.1 Å². The fourth-order valence-electron chi connectivity index (χ4n) is 1.82. The first-order valence-electron chi connectivity index (χ1n) is 5.77. The predicted octanol–water partition coefficient (Wildman–Crippen LogP) is 1.38. The van der Waals surface area contributed by atoms with Crippen LogP contribution in [-0.2, 0) is 14.8 Å². The molecule has 0 aliphatic carbocycles. The number of carbonyl (C=O) groups excluding carboxylic acids is 1. The molecule has 2 heterocycles. The summed E-state index contributed by atoms with van der Waals surface area (Å²) in [6, 6.07) is 3.29. The van der Waals surface area contributed by atoms with Crippen molar-refractivity contribution in [3.63, 3.8) is 0 Å². The summed E-state index contributed by atoms with van der Waals surface area (Å²) in [5.74, 6) is -0.717. The van der Waals surface area contributed by atoms with Gasteiger partial charge in [0.05, 0.1) is 16.7 Å². The molecule has 1 aliphatic rings. The molecule has 1 amide bonds. The Balaban J connectivity index is 1.92. The normalized spacial score (nSPS) is 20.6. The molecule has 1 aliphatic heterocycles. The van der Waals surface area contributed by atoms with Crippen LogP contribution in [0.3, 0.4) is 0 Å². The smallest absolute Gasteiger partial charge is 0.274 e. The van der Waals surface area contributed by atoms with Crippen molar-refractivity contribution in [2.24, 2.45) is 0 Å². The van der Waals surface area contributed by atoms with Crippen LogP contribution in [0.15, 0.2) is 17.5 Å². The van der Waals surface area contributed by atoms with Gasteiger partial charge in [0.1, 0.15) is 0 Å². The number of sulfonamides is 1. The summed E-state index contributed by atoms with van der Waals surface area (Å²) in [5, 5.41) is 1.73. The fraction of sp³-hybridized carbons (Fsp3) is 0.545. The van der Waals surface area contributed by atoms with Crippen LogP contribution >= 0.6 is 11.3 Å². The lowest BCUT2D eigenvalue weighted by Gasteiger charge is -2.22. The van der Waals surface area contributed by atoms with Gasteiger partial charge in [-0.05, 0) is 30.7 Å². The zero-order chi connectivity index (χ0) is 13.0. The summed E-state index contributed by atoms with van der Waals surface area (Å²) in [5.41, 5.74) is 0. The van der Waals surface area contributed by atoms with Gasteiger partial charge < -0.3 is 4.74 Å². The highest BCUT2D eigenvalue weighted by Crippen LogP contribution is 2.14. The second-order valence-corrected chi connectivity index (χ2v) is 6.89. The average molecular weight is 289 g/mol. The largest absolute Gasteiger partial charge is 0.377 e. The Kier molecular flexibility index (Phi) is 4.36. The summed E-state index contributed by atoms with van der Waals surface area (Å²) >= 11 is 1.21. The first kappa shape index (κ1) is 13.5. The molecule has 18 heavy (non-hydrogen) atoms. The number of carbonyl (C=O) groups is 1. The highest BCUT2D eigenvalue weighted by Gasteiger charge is 2.24. The van der Waals surface area contributed by atoms with Gasteiger partial charge in [-0.3, -0.25) is 4.79 Å². The summed E-state index contributed by atoms with van der Waals surface area (Å²) in [6.07, 6.45) is 2.37. The number of nitrogens with one attached hydrogen (secondary N) is 1. The van der Waals surface area contributed by atoms with E-state index in [4.69, 9.17) is 4.74 Å². The van der Waals surface area contributed by atoms with E-state index in [0.717, 1.165) is 19.3 Å². The van der Waals surface area contributed by atoms with Crippen LogP contribution in [0.1, 0.15) is 28.9 Å². The maximum atomic E-state index is 11.8. The third kappa shape index (κ3) is 3.79. The quantitative estimate of drug-likeness (QED) is 0.909. The Morgan fingerprint density at radius 1 is 1.50 bits per heavy atom. The zero-order valence-electron chi connectivity index (χ0n) is 9.79. The summed E-state index contributed by atoms with van der Waals surface area (Å²) in [7, 11) is -3.62. The van der Waals surface area contributed by atoms with Crippen LogP contribution in [0.2, 0.25) is 0 Å². The van der Waals surface area contributed by atoms with E-state index < -0.39 is 15.9 Å². The van der Waals surface area contributed by atoms with Crippen LogP contribution in [0.5, 0.6) is 0 Å². The van der Waals surface area contributed by atoms with Crippen LogP contribution in [0.4, 0.5) is 0 Å². The highest BCUT2D eigenvalue weighted by atomic mass is 32.2. The Hall–Kier alpha value is -0.920. The van der Waals surface area contributed by atoms with E-state index in [1.165, 1.54) is 11.3 Å². The number of rotatable bonds is 4. The second kappa shape index (κ2) is 5.81. The third-order valence-electron chi connectivity index (χ3n) is 2.67. The number of ether oxygens (including phenoxy) is 1. The van der Waals surface area contributed by atoms with Crippen LogP contribution in [0.25, 0.3) is 0 Å². The Labute approximate surface area is 110 Å². The standard InChI is InChI=1S/C11H15NO4S2/c13-11(10-5-3-7-17-10)12-18(14,15)8-9-4-1-2-6-16-9/h3,5,7,9H,1-2,4,6,8H2,(H,12,13)/t9-/m0/s1. The first-order chi connectivity index (χ1) is 8.57. The van der Waals surface area contributed by atoms with E-state index in [0.29, 0.717) is 11.5 Å². The molecule has 1 saturated heterocycles. The molecule has 1 N–H and O–H groups in total. The van der Waals surface area contributed by atoms with E-state index in [1.807, 2.05) is 0 Å². The summed E-state index contributed by atoms with van der Waals surface area (Å²) < 4.78 is 31.0. The molecule has 0 aromatic carbocycles. The van der Waals surface area contributed by atoms with Gasteiger partial charge in [0.25, 0.3) is 5.91 Å². The van der Waals surface area contributed by atoms with E-state index >= 15 is 0 Å². The second-order valence-electron chi connectivity index (χ2n) is 4.18. The van der Waals surface area contributed by atoms with Gasteiger partial charge in [0.2, 0.25) is 10.0 Å². The maximum absolute atomic E-state index is 11.8. The van der Waals surface area contributed by atoms with E-state index in [2.05, 4.69) is 4.72 Å². The fourth-order valence-corrected chi connectivity index (χ4v) is 3.74. The zero-order valence-corrected chi connectivity index (χ0v) is 11.4. The molecule has 0 spiro atoms. The number of amides is 1. The lowest BCUT2D eigenvalue weighted by Crippen LogP contribution is -2.38. The minimum atomic E-state index is -3.62. The molecular formula is C11H15NO4S2. The van der Waals surface area contributed by atoms with Crippen molar-refractivity contribution in [2.75, 3.05) is 12.4 Å². The topological polar surface area (TPSA) is 72.5 Å². The molecular weight excluding hydrogens is 274 g/mol. The van der Waals surface area contributed by atoms with Crippen molar-refractivity contribution in [2.45, 2.75) is 25.4 Å². The summed E-state index contributed by atoms with van der Waals surface area (Å²) in [4.78, 5) is 12.0. The Bertz CT molecular complexity index is 489. The van der Waals surface area contributed by atoms with Crippen molar-refractivity contribution in [3.05, 3.63) is 22.4 Å². The monoisotopic (exact) mass is 289 g/mol. The molecule has 1 fully saturated rings. The molecule has 0 radical (unpaired) electrons. The van der Waals surface area contributed by atoms with E-state index in [1.54, 1.807) is 17.5 Å². The predicted molar refractivity (Wildman–Crippen MR) is 69.2 cm³/mol. The van der Waals surface area contributed by atoms with Crippen molar-refractivity contribution in [1.29, 1.82) is 0 Å². The van der Waals surface area contributed by atoms with Crippen molar-refractivity contribution < 1.29 is 17.9 Å². The Morgan fingerprint density at radius 2 is 2.33 bits per heavy atom. The molecule has 1 aromatic rings. The van der Waals surface area contributed by atoms with Gasteiger partial charge in [0.15, 0.2) is 0 Å². The summed E-state index contributed by atoms with van der Waals surface area (Å²) in [6.45, 7) is 0.596. The number of hydrogen-bond donors (Lipinski definition) is 1. The average Bonchev–Trinajstić information content (AvgIpc) is 2.82. The molecule has 5 nitrogen and oxygen atoms in total. The minimum Gasteiger partial charge on any atom is -0.377 e. The first-order valence-corrected chi connectivity index (χ1v) is 8.30. The lowest BCUT2D eigenvalue weighted by molar-refractivity contribution is 0.0304. The van der Waals surface area contributed by atoms with Gasteiger partial charge in [-0.1, -0.05) is 6.07 Å². The molecule has 0 bridgehead atoms. The van der Waals surface area contributed by atoms with Crippen molar-refractivity contribution >= 4 is 27.3 Å². The van der Waals surface area contributed by atoms with Crippen LogP contribution in [-0.4, -0.2) is 32.8 Å². The Morgan fingerprint density at radius 3 is 2.94 bits per heavy atom. The van der Waals surface area contributed by atoms with E-state index in [-0.39, 0.29) is 11.9 Å². The minimum absolute atomic E-state index is 0.149. The third-order valence-corrected chi connectivity index (χ3v) is 4.85. The molecule has 1 atom stereocenters. The maximum Gasteiger partial charge on any atom is 0.274 e. The number of hydrogen-bond acceptors (Lipinski definition) is 5. The van der Waals surface area contributed by atoms with Gasteiger partial charge in [-0.15, -0.1) is 11.3 Å². The van der Waals surface area contributed by atoms with Gasteiger partial charge >= 0.3 is 0 Å². The molecule has 2 rings (SSSR count). The van der Waals surface area contributed by atoms with E-state index in [9.17, 15) is 13.2 Å². The molecule has 0 unspecified atom stereocenters. The van der Waals surface area contributed by atoms with Crippen LogP contribution in [0, 0.1) is 0 Å². The number of thiophene rings is 1. The van der Waals surface area contributed by atoms with Gasteiger partial charge in [0, 0.05) is 6.61 Å². The van der Waals surface area contributed by atoms with Crippen molar-refractivity contribution in [3.8, 4) is 0 Å². The molecule has 100 valence electrons. The van der Waals surface area contributed by atoms with Gasteiger partial charge in [-0.2, -0.15) is 0 Å². The van der Waals surface area contributed by atoms with Crippen molar-refractivity contribution in [1.82, 2.24) is 4.72 Å². The molecule has 7 heteroatoms. The molecule has 0 saturated carbocycles. The highest BCUT2D eigenvalue weighted by molar-refractivity contribution is 7.90. The molecule has 1 aromatic heterocycles. The lowest BCUT2D eigenvalue weighted by atomic mass is 10.1. The SMILES string of the molecule is O=C(NS(=O)(=O)C[C@@H]1CCCCO1)c1cccs1. The van der Waals surface area contributed by atoms with Crippen LogP contribution < -0.4 is 4.72 Å².